The minimum absolute atomic E-state index is 0.0572. The summed E-state index contributed by atoms with van der Waals surface area (Å²) in [4.78, 5) is 37.1. The fraction of sp³-hybridized carbons (Fsp3) is 0.0455. The minimum atomic E-state index is -1.02. The van der Waals surface area contributed by atoms with Gasteiger partial charge in [0.05, 0.1) is 17.0 Å². The Morgan fingerprint density at radius 3 is 2.40 bits per heavy atom. The van der Waals surface area contributed by atoms with Gasteiger partial charge in [0.2, 0.25) is 0 Å². The molecule has 30 heavy (non-hydrogen) atoms. The highest BCUT2D eigenvalue weighted by Crippen LogP contribution is 2.34. The predicted octanol–water partition coefficient (Wildman–Crippen LogP) is 5.02. The number of imide groups is 1. The van der Waals surface area contributed by atoms with Gasteiger partial charge in [0, 0.05) is 11.6 Å². The second-order valence-corrected chi connectivity index (χ2v) is 7.47. The molecule has 1 saturated heterocycles. The Labute approximate surface area is 174 Å². The summed E-state index contributed by atoms with van der Waals surface area (Å²) in [6.07, 6.45) is 1.49. The molecule has 0 atom stereocenters. The largest absolute Gasteiger partial charge is 0.478 e. The van der Waals surface area contributed by atoms with Gasteiger partial charge >= 0.3 is 5.97 Å². The number of nitrogens with zero attached hydrogens (tertiary/aromatic N) is 1. The number of hydrogen-bond donors (Lipinski definition) is 1. The summed E-state index contributed by atoms with van der Waals surface area (Å²) in [6, 6.07) is 15.2. The molecule has 0 aliphatic carbocycles. The second-order valence-electron chi connectivity index (χ2n) is 6.48. The zero-order valence-electron chi connectivity index (χ0n) is 15.4. The quantitative estimate of drug-likeness (QED) is 0.580. The number of amides is 2. The fourth-order valence-corrected chi connectivity index (χ4v) is 3.72. The van der Waals surface area contributed by atoms with Gasteiger partial charge in [-0.1, -0.05) is 24.3 Å². The molecule has 150 valence electrons. The normalized spacial score (nSPS) is 15.2. The molecule has 1 aliphatic heterocycles. The van der Waals surface area contributed by atoms with Crippen LogP contribution in [0.5, 0.6) is 0 Å². The van der Waals surface area contributed by atoms with Gasteiger partial charge in [-0.2, -0.15) is 0 Å². The maximum atomic E-state index is 13.0. The molecule has 2 aromatic carbocycles. The van der Waals surface area contributed by atoms with Gasteiger partial charge in [0.15, 0.2) is 0 Å². The monoisotopic (exact) mass is 423 g/mol. The van der Waals surface area contributed by atoms with E-state index in [2.05, 4.69) is 0 Å². The van der Waals surface area contributed by atoms with Crippen LogP contribution in [-0.4, -0.2) is 27.1 Å². The van der Waals surface area contributed by atoms with Gasteiger partial charge < -0.3 is 9.52 Å². The summed E-state index contributed by atoms with van der Waals surface area (Å²) in [5.41, 5.74) is 1.49. The van der Waals surface area contributed by atoms with E-state index in [0.717, 1.165) is 16.7 Å². The van der Waals surface area contributed by atoms with Crippen molar-refractivity contribution < 1.29 is 28.3 Å². The Morgan fingerprint density at radius 2 is 1.73 bits per heavy atom. The number of halogens is 1. The third kappa shape index (κ3) is 4.04. The van der Waals surface area contributed by atoms with Crippen molar-refractivity contribution in [3.8, 4) is 11.3 Å². The number of rotatable bonds is 5. The molecule has 1 aromatic heterocycles. The summed E-state index contributed by atoms with van der Waals surface area (Å²) in [6.45, 7) is 0.0572. The Kier molecular flexibility index (Phi) is 5.24. The number of hydrogen-bond acceptors (Lipinski definition) is 5. The first-order chi connectivity index (χ1) is 14.4. The van der Waals surface area contributed by atoms with E-state index in [-0.39, 0.29) is 22.8 Å². The van der Waals surface area contributed by atoms with E-state index in [1.165, 1.54) is 42.5 Å². The average Bonchev–Trinajstić information content (AvgIpc) is 3.30. The predicted molar refractivity (Wildman–Crippen MR) is 109 cm³/mol. The van der Waals surface area contributed by atoms with E-state index in [1.54, 1.807) is 24.3 Å². The van der Waals surface area contributed by atoms with Crippen LogP contribution in [0.4, 0.5) is 9.18 Å². The first-order valence-electron chi connectivity index (χ1n) is 8.84. The van der Waals surface area contributed by atoms with Gasteiger partial charge in [0.25, 0.3) is 11.1 Å². The zero-order valence-corrected chi connectivity index (χ0v) is 16.2. The van der Waals surface area contributed by atoms with Crippen molar-refractivity contribution in [2.24, 2.45) is 0 Å². The van der Waals surface area contributed by atoms with Crippen molar-refractivity contribution in [1.29, 1.82) is 0 Å². The van der Waals surface area contributed by atoms with Crippen LogP contribution in [-0.2, 0) is 11.3 Å². The molecule has 6 nitrogen and oxygen atoms in total. The van der Waals surface area contributed by atoms with E-state index in [4.69, 9.17) is 9.52 Å². The van der Waals surface area contributed by atoms with Crippen LogP contribution >= 0.6 is 11.8 Å². The molecule has 4 rings (SSSR count). The Balaban J connectivity index is 1.51. The second kappa shape index (κ2) is 8.00. The van der Waals surface area contributed by atoms with E-state index in [9.17, 15) is 18.8 Å². The lowest BCUT2D eigenvalue weighted by Gasteiger charge is -2.12. The number of furan rings is 1. The number of aromatic carboxylic acids is 1. The molecular weight excluding hydrogens is 409 g/mol. The number of thioether (sulfide) groups is 1. The van der Waals surface area contributed by atoms with Crippen LogP contribution in [0.1, 0.15) is 21.7 Å². The SMILES string of the molecule is O=C(O)c1ccc(-c2ccc(C=C3SC(=O)N(Cc4ccc(F)cc4)C3=O)o2)cc1. The van der Waals surface area contributed by atoms with Crippen LogP contribution in [0.3, 0.4) is 0 Å². The van der Waals surface area contributed by atoms with Crippen LogP contribution in [0.2, 0.25) is 0 Å². The molecule has 1 N–H and O–H groups in total. The molecule has 0 unspecified atom stereocenters. The van der Waals surface area contributed by atoms with Gasteiger partial charge in [0.1, 0.15) is 17.3 Å². The van der Waals surface area contributed by atoms with E-state index >= 15 is 0 Å². The molecule has 1 aliphatic rings. The number of carboxylic acids is 1. The molecule has 3 aromatic rings. The van der Waals surface area contributed by atoms with Crippen LogP contribution in [0.25, 0.3) is 17.4 Å². The highest BCUT2D eigenvalue weighted by atomic mass is 32.2. The zero-order chi connectivity index (χ0) is 21.3. The lowest BCUT2D eigenvalue weighted by atomic mass is 10.1. The van der Waals surface area contributed by atoms with Crippen molar-refractivity contribution in [3.63, 3.8) is 0 Å². The smallest absolute Gasteiger partial charge is 0.335 e. The maximum Gasteiger partial charge on any atom is 0.335 e. The van der Waals surface area contributed by atoms with Crippen molar-refractivity contribution in [1.82, 2.24) is 4.90 Å². The summed E-state index contributed by atoms with van der Waals surface area (Å²) < 4.78 is 18.8. The summed E-state index contributed by atoms with van der Waals surface area (Å²) in [7, 11) is 0. The number of carbonyl (C=O) groups excluding carboxylic acids is 2. The number of carbonyl (C=O) groups is 3. The van der Waals surface area contributed by atoms with Crippen LogP contribution < -0.4 is 0 Å². The Bertz CT molecular complexity index is 1160. The van der Waals surface area contributed by atoms with Crippen molar-refractivity contribution in [2.45, 2.75) is 6.54 Å². The van der Waals surface area contributed by atoms with E-state index in [0.29, 0.717) is 22.6 Å². The molecule has 8 heteroatoms. The molecule has 0 saturated carbocycles. The Hall–Kier alpha value is -3.65. The van der Waals surface area contributed by atoms with E-state index in [1.807, 2.05) is 0 Å². The summed E-state index contributed by atoms with van der Waals surface area (Å²) >= 11 is 0.808. The number of benzene rings is 2. The molecule has 0 radical (unpaired) electrons. The van der Waals surface area contributed by atoms with Crippen molar-refractivity contribution in [3.05, 3.63) is 88.3 Å². The summed E-state index contributed by atoms with van der Waals surface area (Å²) in [5.74, 6) is -0.960. The maximum absolute atomic E-state index is 13.0. The van der Waals surface area contributed by atoms with Crippen molar-refractivity contribution in [2.75, 3.05) is 0 Å². The average molecular weight is 423 g/mol. The highest BCUT2D eigenvalue weighted by Gasteiger charge is 2.35. The number of carboxylic acid groups (broad SMARTS) is 1. The summed E-state index contributed by atoms with van der Waals surface area (Å²) in [5, 5.41) is 8.56. The lowest BCUT2D eigenvalue weighted by Crippen LogP contribution is -2.27. The molecule has 0 spiro atoms. The van der Waals surface area contributed by atoms with E-state index < -0.39 is 17.1 Å². The molecule has 0 bridgehead atoms. The van der Waals surface area contributed by atoms with Crippen molar-refractivity contribution >= 4 is 35.0 Å². The van der Waals surface area contributed by atoms with Gasteiger partial charge in [-0.3, -0.25) is 14.5 Å². The standard InChI is InChI=1S/C22H14FNO5S/c23-16-7-1-13(2-8-16)12-24-20(25)19(30-22(24)28)11-17-9-10-18(29-17)14-3-5-15(6-4-14)21(26)27/h1-11H,12H2,(H,26,27). The third-order valence-electron chi connectivity index (χ3n) is 4.44. The van der Waals surface area contributed by atoms with Gasteiger partial charge in [-0.25, -0.2) is 9.18 Å². The fourth-order valence-electron chi connectivity index (χ4n) is 2.90. The first-order valence-corrected chi connectivity index (χ1v) is 9.66. The van der Waals surface area contributed by atoms with Crippen LogP contribution in [0, 0.1) is 5.82 Å². The molecule has 2 heterocycles. The van der Waals surface area contributed by atoms with Crippen LogP contribution in [0.15, 0.2) is 70.0 Å². The molecule has 2 amide bonds. The van der Waals surface area contributed by atoms with Gasteiger partial charge in [-0.05, 0) is 53.7 Å². The lowest BCUT2D eigenvalue weighted by molar-refractivity contribution is -0.123. The van der Waals surface area contributed by atoms with Gasteiger partial charge in [-0.15, -0.1) is 0 Å². The topological polar surface area (TPSA) is 87.8 Å². The first kappa shape index (κ1) is 19.7. The highest BCUT2D eigenvalue weighted by molar-refractivity contribution is 8.18. The third-order valence-corrected chi connectivity index (χ3v) is 5.35. The Morgan fingerprint density at radius 1 is 1.03 bits per heavy atom. The minimum Gasteiger partial charge on any atom is -0.478 e. The molecular formula is C22H14FNO5S. The molecule has 1 fully saturated rings.